The first-order valence-electron chi connectivity index (χ1n) is 6.39. The van der Waals surface area contributed by atoms with Gasteiger partial charge in [0, 0.05) is 27.3 Å². The highest BCUT2D eigenvalue weighted by Crippen LogP contribution is 2.07. The minimum Gasteiger partial charge on any atom is -0.385 e. The summed E-state index contributed by atoms with van der Waals surface area (Å²) in [5, 5.41) is 5.89. The van der Waals surface area contributed by atoms with Crippen LogP contribution in [-0.4, -0.2) is 63.2 Å². The molecular weight excluding hydrogens is 270 g/mol. The second kappa shape index (κ2) is 10.00. The first-order chi connectivity index (χ1) is 8.65. The van der Waals surface area contributed by atoms with Gasteiger partial charge in [-0.2, -0.15) is 0 Å². The quantitative estimate of drug-likeness (QED) is 0.636. The van der Waals surface area contributed by atoms with Crippen LogP contribution in [0.15, 0.2) is 0 Å². The van der Waals surface area contributed by atoms with Crippen molar-refractivity contribution in [2.75, 3.05) is 40.4 Å². The summed E-state index contributed by atoms with van der Waals surface area (Å²) < 4.78 is 4.89. The Morgan fingerprint density at radius 2 is 2.21 bits per heavy atom. The van der Waals surface area contributed by atoms with Crippen LogP contribution in [0.3, 0.4) is 0 Å². The van der Waals surface area contributed by atoms with Gasteiger partial charge in [-0.05, 0) is 25.8 Å². The number of hydrogen-bond donors (Lipinski definition) is 2. The number of ether oxygens (including phenoxy) is 1. The van der Waals surface area contributed by atoms with E-state index in [2.05, 4.69) is 10.6 Å². The Bertz CT molecular complexity index is 283. The van der Waals surface area contributed by atoms with Crippen LogP contribution in [0, 0.1) is 0 Å². The Labute approximate surface area is 120 Å². The van der Waals surface area contributed by atoms with Crippen LogP contribution in [0.4, 0.5) is 0 Å². The van der Waals surface area contributed by atoms with Crippen LogP contribution in [-0.2, 0) is 14.3 Å². The lowest BCUT2D eigenvalue weighted by Gasteiger charge is -2.20. The molecule has 1 aliphatic heterocycles. The molecule has 6 nitrogen and oxygen atoms in total. The Morgan fingerprint density at radius 3 is 2.79 bits per heavy atom. The third-order valence-electron chi connectivity index (χ3n) is 2.96. The highest BCUT2D eigenvalue weighted by molar-refractivity contribution is 5.87. The molecule has 7 heteroatoms. The fourth-order valence-corrected chi connectivity index (χ4v) is 1.95. The van der Waals surface area contributed by atoms with E-state index >= 15 is 0 Å². The molecule has 0 spiro atoms. The number of amides is 2. The van der Waals surface area contributed by atoms with Gasteiger partial charge in [-0.15, -0.1) is 12.4 Å². The van der Waals surface area contributed by atoms with Crippen molar-refractivity contribution in [3.8, 4) is 0 Å². The van der Waals surface area contributed by atoms with E-state index in [1.807, 2.05) is 0 Å². The molecule has 1 saturated heterocycles. The van der Waals surface area contributed by atoms with Crippen molar-refractivity contribution in [1.29, 1.82) is 0 Å². The zero-order chi connectivity index (χ0) is 13.4. The molecule has 0 aromatic rings. The summed E-state index contributed by atoms with van der Waals surface area (Å²) in [6.45, 7) is 2.20. The number of likely N-dealkylation sites (N-methyl/N-ethyl adjacent to an activating group) is 1. The van der Waals surface area contributed by atoms with Crippen LogP contribution < -0.4 is 10.6 Å². The minimum absolute atomic E-state index is 0. The highest BCUT2D eigenvalue weighted by Gasteiger charge is 2.25. The predicted molar refractivity (Wildman–Crippen MR) is 75.4 cm³/mol. The Balaban J connectivity index is 0.00000324. The van der Waals surface area contributed by atoms with E-state index < -0.39 is 0 Å². The summed E-state index contributed by atoms with van der Waals surface area (Å²) >= 11 is 0. The Kier molecular flexibility index (Phi) is 9.55. The van der Waals surface area contributed by atoms with Crippen molar-refractivity contribution in [3.05, 3.63) is 0 Å². The van der Waals surface area contributed by atoms with E-state index in [0.717, 1.165) is 25.8 Å². The van der Waals surface area contributed by atoms with Crippen molar-refractivity contribution in [1.82, 2.24) is 15.5 Å². The van der Waals surface area contributed by atoms with Crippen molar-refractivity contribution in [3.63, 3.8) is 0 Å². The number of halogens is 1. The van der Waals surface area contributed by atoms with Gasteiger partial charge in [-0.3, -0.25) is 9.59 Å². The average Bonchev–Trinajstić information content (AvgIpc) is 2.87. The molecule has 1 aliphatic rings. The lowest BCUT2D eigenvalue weighted by Crippen LogP contribution is -2.45. The molecule has 0 bridgehead atoms. The number of methoxy groups -OCH3 is 1. The van der Waals surface area contributed by atoms with E-state index in [1.54, 1.807) is 14.2 Å². The van der Waals surface area contributed by atoms with E-state index in [-0.39, 0.29) is 36.8 Å². The van der Waals surface area contributed by atoms with E-state index in [0.29, 0.717) is 13.2 Å². The standard InChI is InChI=1S/C12H23N3O3.ClH/c1-15(12(17)10-5-3-6-13-10)9-11(16)14-7-4-8-18-2;/h10,13H,3-9H2,1-2H3,(H,14,16);1H. The smallest absolute Gasteiger partial charge is 0.239 e. The number of rotatable bonds is 7. The van der Waals surface area contributed by atoms with Crippen LogP contribution in [0.1, 0.15) is 19.3 Å². The Hall–Kier alpha value is -0.850. The van der Waals surface area contributed by atoms with Gasteiger partial charge in [-0.1, -0.05) is 0 Å². The molecule has 1 atom stereocenters. The second-order valence-electron chi connectivity index (χ2n) is 4.54. The van der Waals surface area contributed by atoms with Crippen molar-refractivity contribution < 1.29 is 14.3 Å². The molecule has 1 heterocycles. The lowest BCUT2D eigenvalue weighted by molar-refractivity contribution is -0.136. The highest BCUT2D eigenvalue weighted by atomic mass is 35.5. The first-order valence-corrected chi connectivity index (χ1v) is 6.39. The topological polar surface area (TPSA) is 70.7 Å². The van der Waals surface area contributed by atoms with Crippen LogP contribution in [0.5, 0.6) is 0 Å². The summed E-state index contributed by atoms with van der Waals surface area (Å²) in [6, 6.07) is -0.115. The van der Waals surface area contributed by atoms with Crippen molar-refractivity contribution >= 4 is 24.2 Å². The second-order valence-corrected chi connectivity index (χ2v) is 4.54. The van der Waals surface area contributed by atoms with Gasteiger partial charge < -0.3 is 20.3 Å². The number of carbonyl (C=O) groups excluding carboxylic acids is 2. The van der Waals surface area contributed by atoms with E-state index in [9.17, 15) is 9.59 Å². The van der Waals surface area contributed by atoms with Gasteiger partial charge in [0.2, 0.25) is 11.8 Å². The molecule has 2 amide bonds. The lowest BCUT2D eigenvalue weighted by atomic mass is 10.2. The van der Waals surface area contributed by atoms with Gasteiger partial charge in [0.05, 0.1) is 12.6 Å². The molecule has 0 aromatic heterocycles. The van der Waals surface area contributed by atoms with E-state index in [1.165, 1.54) is 4.90 Å². The molecule has 0 aromatic carbocycles. The van der Waals surface area contributed by atoms with Crippen molar-refractivity contribution in [2.24, 2.45) is 0 Å². The first kappa shape index (κ1) is 18.1. The summed E-state index contributed by atoms with van der Waals surface area (Å²) in [5.41, 5.74) is 0. The molecule has 112 valence electrons. The van der Waals surface area contributed by atoms with Crippen LogP contribution in [0.2, 0.25) is 0 Å². The van der Waals surface area contributed by atoms with Gasteiger partial charge in [0.15, 0.2) is 0 Å². The number of carbonyl (C=O) groups is 2. The maximum absolute atomic E-state index is 11.9. The number of hydrogen-bond acceptors (Lipinski definition) is 4. The summed E-state index contributed by atoms with van der Waals surface area (Å²) in [7, 11) is 3.29. The van der Waals surface area contributed by atoms with Gasteiger partial charge >= 0.3 is 0 Å². The minimum atomic E-state index is -0.125. The summed E-state index contributed by atoms with van der Waals surface area (Å²) in [6.07, 6.45) is 2.66. The van der Waals surface area contributed by atoms with Gasteiger partial charge in [0.1, 0.15) is 0 Å². The molecule has 0 saturated carbocycles. The van der Waals surface area contributed by atoms with Gasteiger partial charge in [0.25, 0.3) is 0 Å². The molecular formula is C12H24ClN3O3. The molecule has 1 unspecified atom stereocenters. The van der Waals surface area contributed by atoms with Crippen LogP contribution in [0.25, 0.3) is 0 Å². The maximum atomic E-state index is 11.9. The average molecular weight is 294 g/mol. The van der Waals surface area contributed by atoms with Gasteiger partial charge in [-0.25, -0.2) is 0 Å². The Morgan fingerprint density at radius 1 is 1.47 bits per heavy atom. The largest absolute Gasteiger partial charge is 0.385 e. The van der Waals surface area contributed by atoms with Crippen molar-refractivity contribution in [2.45, 2.75) is 25.3 Å². The molecule has 0 radical (unpaired) electrons. The number of nitrogens with one attached hydrogen (secondary N) is 2. The SMILES string of the molecule is COCCCNC(=O)CN(C)C(=O)C1CCCN1.Cl. The van der Waals surface area contributed by atoms with Crippen LogP contribution >= 0.6 is 12.4 Å². The third kappa shape index (κ3) is 6.75. The molecule has 1 rings (SSSR count). The zero-order valence-electron chi connectivity index (χ0n) is 11.6. The zero-order valence-corrected chi connectivity index (χ0v) is 12.4. The molecule has 0 aliphatic carbocycles. The monoisotopic (exact) mass is 293 g/mol. The summed E-state index contributed by atoms with van der Waals surface area (Å²) in [4.78, 5) is 25.0. The molecule has 19 heavy (non-hydrogen) atoms. The molecule has 2 N–H and O–H groups in total. The number of nitrogens with zero attached hydrogens (tertiary/aromatic N) is 1. The van der Waals surface area contributed by atoms with E-state index in [4.69, 9.17) is 4.74 Å². The normalized spacial score (nSPS) is 17.7. The third-order valence-corrected chi connectivity index (χ3v) is 2.96. The molecule has 1 fully saturated rings. The fourth-order valence-electron chi connectivity index (χ4n) is 1.95. The predicted octanol–water partition coefficient (Wildman–Crippen LogP) is -0.229. The summed E-state index contributed by atoms with van der Waals surface area (Å²) in [5.74, 6) is -0.125. The maximum Gasteiger partial charge on any atom is 0.239 e. The fraction of sp³-hybridized carbons (Fsp3) is 0.833.